The van der Waals surface area contributed by atoms with Crippen LogP contribution in [0.2, 0.25) is 0 Å². The molecule has 1 aromatic rings. The summed E-state index contributed by atoms with van der Waals surface area (Å²) in [6.45, 7) is 0.733. The fraction of sp³-hybridized carbons (Fsp3) is 0.455. The lowest BCUT2D eigenvalue weighted by atomic mass is 10.1. The molecular weight excluding hydrogens is 210 g/mol. The molecule has 0 aromatic heterocycles. The molecule has 0 fully saturated rings. The molecule has 0 atom stereocenters. The molecule has 0 unspecified atom stereocenters. The highest BCUT2D eigenvalue weighted by molar-refractivity contribution is 5.50. The first-order valence-electron chi connectivity index (χ1n) is 4.87. The summed E-state index contributed by atoms with van der Waals surface area (Å²) in [4.78, 5) is 0. The third-order valence-corrected chi connectivity index (χ3v) is 2.30. The van der Waals surface area contributed by atoms with Gasteiger partial charge in [-0.3, -0.25) is 0 Å². The maximum atomic E-state index is 8.81. The van der Waals surface area contributed by atoms with Crippen molar-refractivity contribution in [2.75, 3.05) is 21.3 Å². The number of hydrogen-bond donors (Lipinski definition) is 2. The van der Waals surface area contributed by atoms with Crippen LogP contribution in [0.4, 0.5) is 0 Å². The summed E-state index contributed by atoms with van der Waals surface area (Å²) in [7, 11) is 4.76. The number of benzene rings is 1. The lowest BCUT2D eigenvalue weighted by Gasteiger charge is -2.16. The average Bonchev–Trinajstić information content (AvgIpc) is 2.31. The molecule has 0 spiro atoms. The third kappa shape index (κ3) is 2.63. The van der Waals surface area contributed by atoms with E-state index in [0.717, 1.165) is 11.1 Å². The predicted octanol–water partition coefficient (Wildman–Crippen LogP) is 1.33. The summed E-state index contributed by atoms with van der Waals surface area (Å²) in [5.74, 6) is 1.24. The zero-order valence-electron chi connectivity index (χ0n) is 9.74. The van der Waals surface area contributed by atoms with Gasteiger partial charge in [-0.25, -0.2) is 5.48 Å². The maximum Gasteiger partial charge on any atom is 0.165 e. The van der Waals surface area contributed by atoms with Crippen molar-refractivity contribution in [3.05, 3.63) is 23.3 Å². The number of methoxy groups -OCH3 is 3. The van der Waals surface area contributed by atoms with E-state index in [4.69, 9.17) is 19.4 Å². The molecular formula is C11H17NO4. The van der Waals surface area contributed by atoms with Crippen LogP contribution in [0.3, 0.4) is 0 Å². The Morgan fingerprint density at radius 3 is 2.44 bits per heavy atom. The topological polar surface area (TPSA) is 60.0 Å². The predicted molar refractivity (Wildman–Crippen MR) is 58.9 cm³/mol. The summed E-state index contributed by atoms with van der Waals surface area (Å²) < 4.78 is 15.5. The Labute approximate surface area is 94.9 Å². The van der Waals surface area contributed by atoms with E-state index in [1.807, 2.05) is 12.1 Å². The Balaban J connectivity index is 3.20. The molecule has 90 valence electrons. The number of rotatable bonds is 6. The summed E-state index contributed by atoms with van der Waals surface area (Å²) in [6.07, 6.45) is 0. The molecule has 0 saturated heterocycles. The fourth-order valence-corrected chi connectivity index (χ4v) is 1.60. The van der Waals surface area contributed by atoms with Crippen molar-refractivity contribution < 1.29 is 19.4 Å². The van der Waals surface area contributed by atoms with Gasteiger partial charge >= 0.3 is 0 Å². The van der Waals surface area contributed by atoms with Crippen LogP contribution >= 0.6 is 0 Å². The highest BCUT2D eigenvalue weighted by Crippen LogP contribution is 2.33. The van der Waals surface area contributed by atoms with Crippen LogP contribution in [-0.2, 0) is 17.9 Å². The standard InChI is InChI=1S/C11H17NO4/c1-14-7-8-4-5-10(15-2)11(16-3)9(8)6-12-13/h4-5,12-13H,6-7H2,1-3H3. The maximum absolute atomic E-state index is 8.81. The van der Waals surface area contributed by atoms with E-state index in [1.165, 1.54) is 0 Å². The normalized spacial score (nSPS) is 10.2. The molecule has 0 aliphatic rings. The largest absolute Gasteiger partial charge is 0.493 e. The summed E-state index contributed by atoms with van der Waals surface area (Å²) in [5, 5.41) is 8.81. The van der Waals surface area contributed by atoms with Crippen molar-refractivity contribution in [2.45, 2.75) is 13.2 Å². The van der Waals surface area contributed by atoms with Crippen LogP contribution < -0.4 is 15.0 Å². The Hall–Kier alpha value is -1.30. The van der Waals surface area contributed by atoms with Gasteiger partial charge in [0.1, 0.15) is 0 Å². The summed E-state index contributed by atoms with van der Waals surface area (Å²) >= 11 is 0. The zero-order valence-corrected chi connectivity index (χ0v) is 9.74. The van der Waals surface area contributed by atoms with Crippen molar-refractivity contribution in [2.24, 2.45) is 0 Å². The van der Waals surface area contributed by atoms with Gasteiger partial charge in [0.05, 0.1) is 20.8 Å². The second kappa shape index (κ2) is 6.32. The molecule has 1 aromatic carbocycles. The van der Waals surface area contributed by atoms with Crippen LogP contribution in [0.15, 0.2) is 12.1 Å². The van der Waals surface area contributed by atoms with Gasteiger partial charge in [-0.1, -0.05) is 6.07 Å². The van der Waals surface area contributed by atoms with Gasteiger partial charge in [-0.2, -0.15) is 0 Å². The zero-order chi connectivity index (χ0) is 12.0. The molecule has 0 bridgehead atoms. The molecule has 5 nitrogen and oxygen atoms in total. The highest BCUT2D eigenvalue weighted by atomic mass is 16.5. The Bertz CT molecular complexity index is 341. The van der Waals surface area contributed by atoms with Crippen LogP contribution in [-0.4, -0.2) is 26.5 Å². The number of hydrogen-bond acceptors (Lipinski definition) is 5. The van der Waals surface area contributed by atoms with Gasteiger partial charge in [0.25, 0.3) is 0 Å². The van der Waals surface area contributed by atoms with Crippen LogP contribution in [0.1, 0.15) is 11.1 Å². The monoisotopic (exact) mass is 227 g/mol. The molecule has 0 aliphatic heterocycles. The van der Waals surface area contributed by atoms with Gasteiger partial charge in [0.15, 0.2) is 11.5 Å². The van der Waals surface area contributed by atoms with Crippen molar-refractivity contribution >= 4 is 0 Å². The van der Waals surface area contributed by atoms with Crippen LogP contribution in [0.25, 0.3) is 0 Å². The smallest absolute Gasteiger partial charge is 0.165 e. The van der Waals surface area contributed by atoms with E-state index in [-0.39, 0.29) is 6.54 Å². The first kappa shape index (κ1) is 12.8. The lowest BCUT2D eigenvalue weighted by molar-refractivity contribution is 0.155. The molecule has 0 saturated carbocycles. The minimum absolute atomic E-state index is 0.277. The SMILES string of the molecule is COCc1ccc(OC)c(OC)c1CNO. The molecule has 2 N–H and O–H groups in total. The van der Waals surface area contributed by atoms with Crippen LogP contribution in [0.5, 0.6) is 11.5 Å². The van der Waals surface area contributed by atoms with Gasteiger partial charge in [0.2, 0.25) is 0 Å². The van der Waals surface area contributed by atoms with E-state index in [1.54, 1.807) is 21.3 Å². The van der Waals surface area contributed by atoms with Gasteiger partial charge in [-0.05, 0) is 11.6 Å². The second-order valence-corrected chi connectivity index (χ2v) is 3.21. The van der Waals surface area contributed by atoms with Crippen molar-refractivity contribution in [1.82, 2.24) is 5.48 Å². The van der Waals surface area contributed by atoms with E-state index >= 15 is 0 Å². The number of hydroxylamine groups is 1. The number of ether oxygens (including phenoxy) is 3. The summed E-state index contributed by atoms with van der Waals surface area (Å²) in [5.41, 5.74) is 3.89. The second-order valence-electron chi connectivity index (χ2n) is 3.21. The summed E-state index contributed by atoms with van der Waals surface area (Å²) in [6, 6.07) is 3.70. The molecule has 0 amide bonds. The minimum Gasteiger partial charge on any atom is -0.493 e. The molecule has 1 rings (SSSR count). The Morgan fingerprint density at radius 1 is 1.19 bits per heavy atom. The molecule has 0 radical (unpaired) electrons. The van der Waals surface area contributed by atoms with E-state index in [2.05, 4.69) is 5.48 Å². The molecule has 5 heteroatoms. The van der Waals surface area contributed by atoms with Crippen molar-refractivity contribution in [3.63, 3.8) is 0 Å². The third-order valence-electron chi connectivity index (χ3n) is 2.30. The highest BCUT2D eigenvalue weighted by Gasteiger charge is 2.14. The fourth-order valence-electron chi connectivity index (χ4n) is 1.60. The molecule has 0 aliphatic carbocycles. The average molecular weight is 227 g/mol. The number of nitrogens with one attached hydrogen (secondary N) is 1. The molecule has 16 heavy (non-hydrogen) atoms. The minimum atomic E-state index is 0.277. The van der Waals surface area contributed by atoms with Crippen molar-refractivity contribution in [1.29, 1.82) is 0 Å². The van der Waals surface area contributed by atoms with E-state index in [0.29, 0.717) is 18.1 Å². The molecule has 0 heterocycles. The van der Waals surface area contributed by atoms with Crippen molar-refractivity contribution in [3.8, 4) is 11.5 Å². The lowest BCUT2D eigenvalue weighted by Crippen LogP contribution is -2.11. The first-order chi connectivity index (χ1) is 7.78. The van der Waals surface area contributed by atoms with Gasteiger partial charge in [-0.15, -0.1) is 0 Å². The quantitative estimate of drug-likeness (QED) is 0.718. The Kier molecular flexibility index (Phi) is 5.04. The first-order valence-corrected chi connectivity index (χ1v) is 4.87. The van der Waals surface area contributed by atoms with Crippen LogP contribution in [0, 0.1) is 0 Å². The van der Waals surface area contributed by atoms with E-state index < -0.39 is 0 Å². The van der Waals surface area contributed by atoms with E-state index in [9.17, 15) is 0 Å². The van der Waals surface area contributed by atoms with Gasteiger partial charge < -0.3 is 19.4 Å². The Morgan fingerprint density at radius 2 is 1.94 bits per heavy atom. The van der Waals surface area contributed by atoms with Gasteiger partial charge in [0, 0.05) is 19.2 Å².